The predicted molar refractivity (Wildman–Crippen MR) is 121 cm³/mol. The predicted octanol–water partition coefficient (Wildman–Crippen LogP) is 6.41. The van der Waals surface area contributed by atoms with Gasteiger partial charge in [0.05, 0.1) is 37.5 Å². The van der Waals surface area contributed by atoms with Gasteiger partial charge >= 0.3 is 0 Å². The zero-order chi connectivity index (χ0) is 19.9. The average Bonchev–Trinajstić information content (AvgIpc) is 3.31. The zero-order valence-corrected chi connectivity index (χ0v) is 19.5. The molecule has 1 aromatic carbocycles. The minimum atomic E-state index is -1.35. The van der Waals surface area contributed by atoms with E-state index in [2.05, 4.69) is 58.9 Å². The molecule has 0 aromatic heterocycles. The Labute approximate surface area is 173 Å². The van der Waals surface area contributed by atoms with Crippen molar-refractivity contribution in [1.82, 2.24) is 0 Å². The molecule has 4 rings (SSSR count). The van der Waals surface area contributed by atoms with Crippen molar-refractivity contribution < 1.29 is 9.47 Å². The summed E-state index contributed by atoms with van der Waals surface area (Å²) in [6.07, 6.45) is 6.90. The first-order valence-electron chi connectivity index (χ1n) is 11.7. The molecule has 0 N–H and O–H groups in total. The molecule has 2 aliphatic heterocycles. The van der Waals surface area contributed by atoms with E-state index in [1.54, 1.807) is 5.30 Å². The highest BCUT2D eigenvalue weighted by atomic mass is 31.2. The van der Waals surface area contributed by atoms with Gasteiger partial charge in [0.15, 0.2) is 6.29 Å². The summed E-state index contributed by atoms with van der Waals surface area (Å²) >= 11 is 0. The van der Waals surface area contributed by atoms with Crippen LogP contribution in [0, 0.1) is 17.8 Å². The fourth-order valence-corrected chi connectivity index (χ4v) is 14.3. The number of benzene rings is 1. The Bertz CT molecular complexity index is 656. The lowest BCUT2D eigenvalue weighted by Crippen LogP contribution is -2.43. The lowest BCUT2D eigenvalue weighted by Gasteiger charge is -2.47. The fourth-order valence-electron chi connectivity index (χ4n) is 6.87. The smallest absolute Gasteiger partial charge is 0.187 e. The number of hydrogen-bond donors (Lipinski definition) is 0. The summed E-state index contributed by atoms with van der Waals surface area (Å²) in [6.45, 7) is 14.1. The van der Waals surface area contributed by atoms with Crippen molar-refractivity contribution >= 4 is 12.6 Å². The molecule has 2 saturated heterocycles. The summed E-state index contributed by atoms with van der Waals surface area (Å²) in [7, 11) is -1.35. The Kier molecular flexibility index (Phi) is 6.22. The van der Waals surface area contributed by atoms with Gasteiger partial charge in [0.1, 0.15) is 5.30 Å². The number of hydrogen-bond acceptors (Lipinski definition) is 2. The van der Waals surface area contributed by atoms with E-state index >= 15 is 0 Å². The van der Waals surface area contributed by atoms with Gasteiger partial charge in [0.2, 0.25) is 0 Å². The van der Waals surface area contributed by atoms with E-state index < -0.39 is 7.26 Å². The Balaban J connectivity index is 1.87. The van der Waals surface area contributed by atoms with Gasteiger partial charge in [0.25, 0.3) is 0 Å². The maximum absolute atomic E-state index is 6.03. The summed E-state index contributed by atoms with van der Waals surface area (Å²) in [5, 5.41) is 1.66. The molecule has 28 heavy (non-hydrogen) atoms. The second kappa shape index (κ2) is 8.37. The van der Waals surface area contributed by atoms with Crippen LogP contribution in [-0.2, 0) is 9.47 Å². The Morgan fingerprint density at radius 2 is 1.54 bits per heavy atom. The van der Waals surface area contributed by atoms with Crippen molar-refractivity contribution in [1.29, 1.82) is 0 Å². The topological polar surface area (TPSA) is 18.5 Å². The second-order valence-corrected chi connectivity index (χ2v) is 14.7. The molecule has 0 radical (unpaired) electrons. The van der Waals surface area contributed by atoms with Crippen molar-refractivity contribution in [3.63, 3.8) is 0 Å². The normalized spacial score (nSPS) is 36.3. The molecule has 1 aromatic rings. The Hall–Kier alpha value is -0.430. The van der Waals surface area contributed by atoms with Crippen LogP contribution in [0.15, 0.2) is 24.3 Å². The first-order valence-corrected chi connectivity index (χ1v) is 13.7. The molecule has 2 heterocycles. The fraction of sp³-hybridized carbons (Fsp3) is 0.760. The van der Waals surface area contributed by atoms with Gasteiger partial charge in [-0.25, -0.2) is 0 Å². The van der Waals surface area contributed by atoms with Gasteiger partial charge in [-0.3, -0.25) is 0 Å². The van der Waals surface area contributed by atoms with E-state index in [-0.39, 0.29) is 6.29 Å². The second-order valence-electron chi connectivity index (χ2n) is 10.1. The average molecular weight is 404 g/mol. The molecule has 0 amide bonds. The lowest BCUT2D eigenvalue weighted by molar-refractivity contribution is -0.0433. The minimum absolute atomic E-state index is 0.147. The van der Waals surface area contributed by atoms with E-state index in [4.69, 9.17) is 9.47 Å². The lowest BCUT2D eigenvalue weighted by atomic mass is 9.77. The van der Waals surface area contributed by atoms with Crippen LogP contribution in [0.3, 0.4) is 0 Å². The van der Waals surface area contributed by atoms with Crippen LogP contribution in [0.25, 0.3) is 0 Å². The van der Waals surface area contributed by atoms with Crippen LogP contribution >= 0.6 is 7.26 Å². The van der Waals surface area contributed by atoms with Crippen molar-refractivity contribution in [2.75, 3.05) is 13.2 Å². The Morgan fingerprint density at radius 3 is 2.18 bits per heavy atom. The zero-order valence-electron chi connectivity index (χ0n) is 18.6. The summed E-state index contributed by atoms with van der Waals surface area (Å²) in [5.41, 5.74) is 3.86. The van der Waals surface area contributed by atoms with Crippen LogP contribution in [-0.4, -0.2) is 30.2 Å². The third-order valence-electron chi connectivity index (χ3n) is 8.23. The maximum atomic E-state index is 6.03. The van der Waals surface area contributed by atoms with Gasteiger partial charge in [-0.05, 0) is 69.4 Å². The third-order valence-corrected chi connectivity index (χ3v) is 14.6. The molecule has 3 heteroatoms. The van der Waals surface area contributed by atoms with Gasteiger partial charge in [-0.2, -0.15) is 0 Å². The SMILES string of the molecule is CC(C)[C@@H]1CC[C@@H](C)C[C@H]1[P+]1(c2ccccc2C2OCCO2)[C@@H](C)CC[C@@H]1C. The summed E-state index contributed by atoms with van der Waals surface area (Å²) in [5.74, 6) is 2.51. The van der Waals surface area contributed by atoms with Crippen LogP contribution < -0.4 is 5.30 Å². The molecule has 3 fully saturated rings. The Morgan fingerprint density at radius 1 is 0.893 bits per heavy atom. The number of ether oxygens (including phenoxy) is 2. The molecule has 0 unspecified atom stereocenters. The largest absolute Gasteiger partial charge is 0.346 e. The molecule has 1 aliphatic carbocycles. The van der Waals surface area contributed by atoms with Gasteiger partial charge < -0.3 is 9.47 Å². The molecule has 1 saturated carbocycles. The molecule has 0 spiro atoms. The van der Waals surface area contributed by atoms with Gasteiger partial charge in [-0.15, -0.1) is 0 Å². The minimum Gasteiger partial charge on any atom is -0.346 e. The highest BCUT2D eigenvalue weighted by Gasteiger charge is 2.63. The van der Waals surface area contributed by atoms with E-state index in [0.29, 0.717) is 0 Å². The first-order chi connectivity index (χ1) is 13.5. The van der Waals surface area contributed by atoms with Crippen molar-refractivity contribution in [2.24, 2.45) is 17.8 Å². The highest BCUT2D eigenvalue weighted by molar-refractivity contribution is 7.85. The summed E-state index contributed by atoms with van der Waals surface area (Å²) in [4.78, 5) is 0. The van der Waals surface area contributed by atoms with Crippen LogP contribution in [0.1, 0.15) is 78.6 Å². The summed E-state index contributed by atoms with van der Waals surface area (Å²) in [6, 6.07) is 9.25. The van der Waals surface area contributed by atoms with Crippen LogP contribution in [0.5, 0.6) is 0 Å². The third kappa shape index (κ3) is 3.38. The first kappa shape index (κ1) is 20.8. The van der Waals surface area contributed by atoms with Crippen molar-refractivity contribution in [3.05, 3.63) is 29.8 Å². The van der Waals surface area contributed by atoms with E-state index in [0.717, 1.165) is 47.9 Å². The number of rotatable bonds is 4. The van der Waals surface area contributed by atoms with Crippen molar-refractivity contribution in [3.8, 4) is 0 Å². The van der Waals surface area contributed by atoms with Crippen LogP contribution in [0.2, 0.25) is 0 Å². The van der Waals surface area contributed by atoms with Crippen LogP contribution in [0.4, 0.5) is 0 Å². The van der Waals surface area contributed by atoms with Crippen molar-refractivity contribution in [2.45, 2.75) is 90.0 Å². The van der Waals surface area contributed by atoms with Gasteiger partial charge in [0, 0.05) is 5.56 Å². The molecule has 0 bridgehead atoms. The molecule has 5 atom stereocenters. The molecular weight excluding hydrogens is 363 g/mol. The molecular formula is C25H40O2P+. The van der Waals surface area contributed by atoms with E-state index in [9.17, 15) is 0 Å². The monoisotopic (exact) mass is 403 g/mol. The standard InChI is InChI=1S/C25H40O2P/c1-17(2)21-13-10-18(3)16-24(21)28(19(4)11-12-20(28)5)23-9-7-6-8-22(23)25-26-14-15-27-25/h6-9,17-21,24-25H,10-16H2,1-5H3/q+1/t18-,19+,20+,21+,24-/m1/s1. The molecule has 3 aliphatic rings. The molecule has 156 valence electrons. The summed E-state index contributed by atoms with van der Waals surface area (Å²) < 4.78 is 12.1. The quantitative estimate of drug-likeness (QED) is 0.541. The van der Waals surface area contributed by atoms with E-state index in [1.807, 2.05) is 0 Å². The van der Waals surface area contributed by atoms with Gasteiger partial charge in [-0.1, -0.05) is 39.3 Å². The molecule has 2 nitrogen and oxygen atoms in total. The maximum Gasteiger partial charge on any atom is 0.187 e. The highest BCUT2D eigenvalue weighted by Crippen LogP contribution is 2.78. The van der Waals surface area contributed by atoms with E-state index in [1.165, 1.54) is 37.7 Å².